The summed E-state index contributed by atoms with van der Waals surface area (Å²) in [6.45, 7) is 2.18. The molecule has 1 aromatic rings. The van der Waals surface area contributed by atoms with Gasteiger partial charge in [0.05, 0.1) is 13.6 Å². The molecule has 20 heavy (non-hydrogen) atoms. The van der Waals surface area contributed by atoms with Gasteiger partial charge in [0, 0.05) is 12.5 Å². The number of rotatable bonds is 3. The molecular formula is C12H18N6O2. The van der Waals surface area contributed by atoms with E-state index in [1.165, 1.54) is 4.80 Å². The third-order valence-electron chi connectivity index (χ3n) is 3.83. The fourth-order valence-electron chi connectivity index (χ4n) is 2.59. The lowest BCUT2D eigenvalue weighted by Crippen LogP contribution is -2.47. The molecule has 2 unspecified atom stereocenters. The molecule has 1 saturated heterocycles. The van der Waals surface area contributed by atoms with Crippen LogP contribution in [0.1, 0.15) is 32.0 Å². The number of hydrogen-bond acceptors (Lipinski definition) is 5. The van der Waals surface area contributed by atoms with Gasteiger partial charge in [0.25, 0.3) is 0 Å². The van der Waals surface area contributed by atoms with E-state index in [4.69, 9.17) is 0 Å². The van der Waals surface area contributed by atoms with Crippen LogP contribution in [0.15, 0.2) is 0 Å². The highest BCUT2D eigenvalue weighted by Crippen LogP contribution is 2.34. The Balaban J connectivity index is 1.81. The van der Waals surface area contributed by atoms with Crippen molar-refractivity contribution < 1.29 is 9.59 Å². The monoisotopic (exact) mass is 278 g/mol. The Bertz CT molecular complexity index is 538. The standard InChI is InChI=1S/C12H18N6O2/c1-7-5-10(19)13-11(8-3-4-8)12(20)18(7)6-9-14-16-17(2)15-9/h7-8,11H,3-6H2,1-2H3,(H,13,19). The number of hydrogen-bond donors (Lipinski definition) is 1. The molecule has 2 heterocycles. The number of aromatic nitrogens is 4. The molecule has 2 aliphatic rings. The number of tetrazole rings is 1. The molecule has 108 valence electrons. The van der Waals surface area contributed by atoms with Crippen molar-refractivity contribution in [1.29, 1.82) is 0 Å². The molecule has 1 aliphatic heterocycles. The molecule has 1 N–H and O–H groups in total. The summed E-state index contributed by atoms with van der Waals surface area (Å²) in [5, 5.41) is 14.6. The van der Waals surface area contributed by atoms with Crippen molar-refractivity contribution in [3.8, 4) is 0 Å². The maximum absolute atomic E-state index is 12.6. The highest BCUT2D eigenvalue weighted by Gasteiger charge is 2.42. The Morgan fingerprint density at radius 2 is 2.10 bits per heavy atom. The van der Waals surface area contributed by atoms with Gasteiger partial charge in [0.15, 0.2) is 5.82 Å². The van der Waals surface area contributed by atoms with E-state index < -0.39 is 0 Å². The molecule has 2 fully saturated rings. The fraction of sp³-hybridized carbons (Fsp3) is 0.750. The summed E-state index contributed by atoms with van der Waals surface area (Å²) in [5.74, 6) is 0.696. The minimum absolute atomic E-state index is 0.0293. The molecule has 1 saturated carbocycles. The number of amides is 2. The highest BCUT2D eigenvalue weighted by atomic mass is 16.2. The second kappa shape index (κ2) is 4.84. The van der Waals surface area contributed by atoms with Gasteiger partial charge in [-0.3, -0.25) is 9.59 Å². The van der Waals surface area contributed by atoms with Crippen molar-refractivity contribution in [3.05, 3.63) is 5.82 Å². The average Bonchev–Trinajstić information content (AvgIpc) is 3.15. The van der Waals surface area contributed by atoms with E-state index in [1.807, 2.05) is 6.92 Å². The first-order valence-electron chi connectivity index (χ1n) is 6.87. The van der Waals surface area contributed by atoms with Crippen LogP contribution in [0, 0.1) is 5.92 Å². The summed E-state index contributed by atoms with van der Waals surface area (Å²) < 4.78 is 0. The van der Waals surface area contributed by atoms with E-state index in [0.717, 1.165) is 12.8 Å². The predicted molar refractivity (Wildman–Crippen MR) is 68.1 cm³/mol. The number of aryl methyl sites for hydroxylation is 1. The topological polar surface area (TPSA) is 93.0 Å². The minimum Gasteiger partial charge on any atom is -0.344 e. The SMILES string of the molecule is CC1CC(=O)NC(C2CC2)C(=O)N1Cc1nnn(C)n1. The minimum atomic E-state index is -0.385. The van der Waals surface area contributed by atoms with E-state index in [1.54, 1.807) is 11.9 Å². The number of nitrogens with zero attached hydrogens (tertiary/aromatic N) is 5. The zero-order chi connectivity index (χ0) is 14.3. The number of carbonyl (C=O) groups is 2. The Hall–Kier alpha value is -1.99. The van der Waals surface area contributed by atoms with Crippen molar-refractivity contribution in [1.82, 2.24) is 30.4 Å². The summed E-state index contributed by atoms with van der Waals surface area (Å²) >= 11 is 0. The molecule has 0 spiro atoms. The molecule has 8 heteroatoms. The molecule has 0 bridgehead atoms. The second-order valence-corrected chi connectivity index (χ2v) is 5.60. The van der Waals surface area contributed by atoms with E-state index in [-0.39, 0.29) is 29.8 Å². The molecule has 1 aliphatic carbocycles. The molecule has 8 nitrogen and oxygen atoms in total. The van der Waals surface area contributed by atoms with E-state index in [9.17, 15) is 9.59 Å². The van der Waals surface area contributed by atoms with Crippen molar-refractivity contribution >= 4 is 11.8 Å². The van der Waals surface area contributed by atoms with E-state index in [0.29, 0.717) is 18.8 Å². The number of carbonyl (C=O) groups excluding carboxylic acids is 2. The van der Waals surface area contributed by atoms with Gasteiger partial charge < -0.3 is 10.2 Å². The molecule has 2 amide bonds. The van der Waals surface area contributed by atoms with E-state index in [2.05, 4.69) is 20.7 Å². The van der Waals surface area contributed by atoms with Crippen molar-refractivity contribution in [2.24, 2.45) is 13.0 Å². The number of nitrogens with one attached hydrogen (secondary N) is 1. The third-order valence-corrected chi connectivity index (χ3v) is 3.83. The van der Waals surface area contributed by atoms with Crippen LogP contribution in [-0.4, -0.2) is 49.0 Å². The zero-order valence-electron chi connectivity index (χ0n) is 11.6. The summed E-state index contributed by atoms with van der Waals surface area (Å²) in [5.41, 5.74) is 0. The van der Waals surface area contributed by atoms with Gasteiger partial charge in [-0.15, -0.1) is 10.2 Å². The second-order valence-electron chi connectivity index (χ2n) is 5.60. The van der Waals surface area contributed by atoms with E-state index >= 15 is 0 Å². The maximum Gasteiger partial charge on any atom is 0.246 e. The van der Waals surface area contributed by atoms with Gasteiger partial charge in [0.2, 0.25) is 11.8 Å². The molecule has 1 aromatic heterocycles. The third kappa shape index (κ3) is 2.50. The van der Waals surface area contributed by atoms with Crippen LogP contribution in [0.25, 0.3) is 0 Å². The van der Waals surface area contributed by atoms with Gasteiger partial charge in [0.1, 0.15) is 6.04 Å². The van der Waals surface area contributed by atoms with Gasteiger partial charge in [-0.05, 0) is 30.9 Å². The molecule has 3 rings (SSSR count). The maximum atomic E-state index is 12.6. The lowest BCUT2D eigenvalue weighted by atomic mass is 10.1. The summed E-state index contributed by atoms with van der Waals surface area (Å²) in [6.07, 6.45) is 2.32. The van der Waals surface area contributed by atoms with Crippen LogP contribution in [0.4, 0.5) is 0 Å². The normalized spacial score (nSPS) is 27.4. The van der Waals surface area contributed by atoms with Gasteiger partial charge in [-0.2, -0.15) is 4.80 Å². The van der Waals surface area contributed by atoms with Gasteiger partial charge in [-0.25, -0.2) is 0 Å². The average molecular weight is 278 g/mol. The van der Waals surface area contributed by atoms with Crippen molar-refractivity contribution in [2.75, 3.05) is 0 Å². The highest BCUT2D eigenvalue weighted by molar-refractivity contribution is 5.90. The first-order valence-corrected chi connectivity index (χ1v) is 6.87. The Morgan fingerprint density at radius 3 is 2.70 bits per heavy atom. The van der Waals surface area contributed by atoms with Gasteiger partial charge in [-0.1, -0.05) is 0 Å². The molecule has 2 atom stereocenters. The fourth-order valence-corrected chi connectivity index (χ4v) is 2.59. The van der Waals surface area contributed by atoms with Crippen LogP contribution in [-0.2, 0) is 23.2 Å². The first kappa shape index (κ1) is 13.0. The summed E-state index contributed by atoms with van der Waals surface area (Å²) in [6, 6.07) is -0.542. The predicted octanol–water partition coefficient (Wildman–Crippen LogP) is -0.774. The zero-order valence-corrected chi connectivity index (χ0v) is 11.6. The van der Waals surface area contributed by atoms with Crippen LogP contribution in [0.5, 0.6) is 0 Å². The summed E-state index contributed by atoms with van der Waals surface area (Å²) in [7, 11) is 1.68. The largest absolute Gasteiger partial charge is 0.344 e. The van der Waals surface area contributed by atoms with Crippen LogP contribution in [0.2, 0.25) is 0 Å². The van der Waals surface area contributed by atoms with Crippen LogP contribution >= 0.6 is 0 Å². The first-order chi connectivity index (χ1) is 9.54. The quantitative estimate of drug-likeness (QED) is 0.783. The van der Waals surface area contributed by atoms with Crippen LogP contribution in [0.3, 0.4) is 0 Å². The van der Waals surface area contributed by atoms with Crippen molar-refractivity contribution in [2.45, 2.75) is 44.8 Å². The molecule has 0 radical (unpaired) electrons. The Kier molecular flexibility index (Phi) is 3.15. The Morgan fingerprint density at radius 1 is 1.35 bits per heavy atom. The summed E-state index contributed by atoms with van der Waals surface area (Å²) in [4.78, 5) is 27.5. The lowest BCUT2D eigenvalue weighted by Gasteiger charge is -2.27. The lowest BCUT2D eigenvalue weighted by molar-refractivity contribution is -0.136. The Labute approximate surface area is 116 Å². The smallest absolute Gasteiger partial charge is 0.246 e. The van der Waals surface area contributed by atoms with Crippen molar-refractivity contribution in [3.63, 3.8) is 0 Å². The van der Waals surface area contributed by atoms with Gasteiger partial charge >= 0.3 is 0 Å². The molecule has 0 aromatic carbocycles. The van der Waals surface area contributed by atoms with Crippen LogP contribution < -0.4 is 5.32 Å². The molecular weight excluding hydrogens is 260 g/mol.